The number of nitrogens with zero attached hydrogens (tertiary/aromatic N) is 1. The van der Waals surface area contributed by atoms with Crippen LogP contribution in [0.3, 0.4) is 0 Å². The smallest absolute Gasteiger partial charge is 0.410 e. The van der Waals surface area contributed by atoms with Gasteiger partial charge in [-0.15, -0.1) is 0 Å². The predicted octanol–water partition coefficient (Wildman–Crippen LogP) is 3.06. The van der Waals surface area contributed by atoms with Gasteiger partial charge in [0, 0.05) is 19.6 Å². The molecule has 0 spiro atoms. The largest absolute Gasteiger partial charge is 0.444 e. The maximum Gasteiger partial charge on any atom is 0.410 e. The van der Waals surface area contributed by atoms with Gasteiger partial charge in [-0.05, 0) is 63.6 Å². The van der Waals surface area contributed by atoms with E-state index >= 15 is 0 Å². The number of nitrogens with one attached hydrogen (secondary N) is 1. The molecule has 1 fully saturated rings. The van der Waals surface area contributed by atoms with Crippen LogP contribution >= 0.6 is 0 Å². The Kier molecular flexibility index (Phi) is 7.80. The highest BCUT2D eigenvalue weighted by Gasteiger charge is 2.27. The summed E-state index contributed by atoms with van der Waals surface area (Å²) in [6, 6.07) is 5.57. The van der Waals surface area contributed by atoms with Gasteiger partial charge < -0.3 is 20.1 Å². The SMILES string of the molecule is CC(C)(C)OC(=O)N1CCC[C@@H](CCNC(=O)[C@H](CO)c2ccc(F)cc2)C1. The monoisotopic (exact) mass is 394 g/mol. The van der Waals surface area contributed by atoms with E-state index in [4.69, 9.17) is 4.74 Å². The van der Waals surface area contributed by atoms with Crippen LogP contribution in [0, 0.1) is 11.7 Å². The second-order valence-electron chi connectivity index (χ2n) is 8.30. The van der Waals surface area contributed by atoms with Crippen molar-refractivity contribution in [3.63, 3.8) is 0 Å². The number of halogens is 1. The zero-order chi connectivity index (χ0) is 20.7. The van der Waals surface area contributed by atoms with E-state index in [1.165, 1.54) is 24.3 Å². The predicted molar refractivity (Wildman–Crippen MR) is 104 cm³/mol. The minimum atomic E-state index is -0.717. The number of likely N-dealkylation sites (tertiary alicyclic amines) is 1. The van der Waals surface area contributed by atoms with Crippen molar-refractivity contribution in [2.75, 3.05) is 26.2 Å². The molecule has 1 heterocycles. The molecule has 1 saturated heterocycles. The van der Waals surface area contributed by atoms with Crippen molar-refractivity contribution in [3.05, 3.63) is 35.6 Å². The fraction of sp³-hybridized carbons (Fsp3) is 0.619. The van der Waals surface area contributed by atoms with E-state index in [1.807, 2.05) is 20.8 Å². The van der Waals surface area contributed by atoms with Crippen molar-refractivity contribution in [3.8, 4) is 0 Å². The zero-order valence-corrected chi connectivity index (χ0v) is 16.9. The first-order chi connectivity index (χ1) is 13.2. The highest BCUT2D eigenvalue weighted by Crippen LogP contribution is 2.22. The molecule has 0 unspecified atom stereocenters. The van der Waals surface area contributed by atoms with Crippen LogP contribution in [0.1, 0.15) is 51.5 Å². The summed E-state index contributed by atoms with van der Waals surface area (Å²) in [6.45, 7) is 6.97. The average molecular weight is 394 g/mol. The Hall–Kier alpha value is -2.15. The molecule has 1 aliphatic heterocycles. The Morgan fingerprint density at radius 3 is 2.61 bits per heavy atom. The summed E-state index contributed by atoms with van der Waals surface area (Å²) in [5.41, 5.74) is 0.0627. The lowest BCUT2D eigenvalue weighted by Crippen LogP contribution is -2.43. The number of aliphatic hydroxyl groups excluding tert-OH is 1. The molecule has 6 nitrogen and oxygen atoms in total. The van der Waals surface area contributed by atoms with Gasteiger partial charge in [0.25, 0.3) is 0 Å². The number of benzene rings is 1. The molecule has 0 saturated carbocycles. The normalized spacial score (nSPS) is 18.5. The molecule has 7 heteroatoms. The number of hydrogen-bond acceptors (Lipinski definition) is 4. The van der Waals surface area contributed by atoms with Gasteiger partial charge in [-0.1, -0.05) is 12.1 Å². The Balaban J connectivity index is 1.80. The lowest BCUT2D eigenvalue weighted by atomic mass is 9.94. The van der Waals surface area contributed by atoms with Crippen molar-refractivity contribution < 1.29 is 23.8 Å². The van der Waals surface area contributed by atoms with E-state index in [9.17, 15) is 19.1 Å². The van der Waals surface area contributed by atoms with Crippen molar-refractivity contribution in [2.24, 2.45) is 5.92 Å². The highest BCUT2D eigenvalue weighted by atomic mass is 19.1. The van der Waals surface area contributed by atoms with Gasteiger partial charge in [-0.2, -0.15) is 0 Å². The molecular weight excluding hydrogens is 363 g/mol. The van der Waals surface area contributed by atoms with Gasteiger partial charge in [0.15, 0.2) is 0 Å². The van der Waals surface area contributed by atoms with E-state index in [0.29, 0.717) is 31.1 Å². The molecular formula is C21H31FN2O4. The third-order valence-corrected chi connectivity index (χ3v) is 4.79. The second kappa shape index (κ2) is 9.87. The van der Waals surface area contributed by atoms with E-state index in [0.717, 1.165) is 19.3 Å². The van der Waals surface area contributed by atoms with Crippen LogP contribution in [-0.2, 0) is 9.53 Å². The van der Waals surface area contributed by atoms with Crippen LogP contribution in [0.2, 0.25) is 0 Å². The van der Waals surface area contributed by atoms with Crippen molar-refractivity contribution in [1.29, 1.82) is 0 Å². The molecule has 2 amide bonds. The molecule has 0 aromatic heterocycles. The van der Waals surface area contributed by atoms with Gasteiger partial charge in [0.2, 0.25) is 5.91 Å². The number of piperidine rings is 1. The van der Waals surface area contributed by atoms with Crippen LogP contribution in [-0.4, -0.2) is 53.8 Å². The fourth-order valence-corrected chi connectivity index (χ4v) is 3.35. The van der Waals surface area contributed by atoms with E-state index in [1.54, 1.807) is 4.90 Å². The number of ether oxygens (including phenoxy) is 1. The maximum atomic E-state index is 13.0. The zero-order valence-electron chi connectivity index (χ0n) is 16.9. The molecule has 1 aliphatic rings. The molecule has 0 bridgehead atoms. The molecule has 156 valence electrons. The lowest BCUT2D eigenvalue weighted by Gasteiger charge is -2.34. The summed E-state index contributed by atoms with van der Waals surface area (Å²) in [5.74, 6) is -1.09. The van der Waals surface area contributed by atoms with E-state index < -0.39 is 11.5 Å². The number of carbonyl (C=O) groups excluding carboxylic acids is 2. The highest BCUT2D eigenvalue weighted by molar-refractivity contribution is 5.83. The minimum Gasteiger partial charge on any atom is -0.444 e. The summed E-state index contributed by atoms with van der Waals surface area (Å²) < 4.78 is 18.5. The second-order valence-corrected chi connectivity index (χ2v) is 8.30. The van der Waals surface area contributed by atoms with Crippen LogP contribution in [0.15, 0.2) is 24.3 Å². The standard InChI is InChI=1S/C21H31FN2O4/c1-21(2,3)28-20(27)24-12-4-5-15(13-24)10-11-23-19(26)18(14-25)16-6-8-17(22)9-7-16/h6-9,15,18,25H,4-5,10-14H2,1-3H3,(H,23,26)/t15-,18+/m0/s1. The minimum absolute atomic E-state index is 0.283. The topological polar surface area (TPSA) is 78.9 Å². The molecule has 2 rings (SSSR count). The number of aliphatic hydroxyl groups is 1. The number of amides is 2. The third kappa shape index (κ3) is 6.78. The van der Waals surface area contributed by atoms with Gasteiger partial charge >= 0.3 is 6.09 Å². The summed E-state index contributed by atoms with van der Waals surface area (Å²) in [7, 11) is 0. The van der Waals surface area contributed by atoms with Crippen LogP contribution in [0.5, 0.6) is 0 Å². The van der Waals surface area contributed by atoms with Crippen LogP contribution in [0.25, 0.3) is 0 Å². The third-order valence-electron chi connectivity index (χ3n) is 4.79. The summed E-state index contributed by atoms with van der Waals surface area (Å²) in [4.78, 5) is 26.3. The Morgan fingerprint density at radius 2 is 2.00 bits per heavy atom. The first kappa shape index (κ1) is 22.1. The van der Waals surface area contributed by atoms with Gasteiger partial charge in [-0.3, -0.25) is 4.79 Å². The van der Waals surface area contributed by atoms with Crippen molar-refractivity contribution in [2.45, 2.75) is 51.6 Å². The Bertz CT molecular complexity index is 657. The number of rotatable bonds is 6. The molecule has 0 radical (unpaired) electrons. The van der Waals surface area contributed by atoms with Crippen LogP contribution in [0.4, 0.5) is 9.18 Å². The Morgan fingerprint density at radius 1 is 1.32 bits per heavy atom. The van der Waals surface area contributed by atoms with Crippen molar-refractivity contribution in [1.82, 2.24) is 10.2 Å². The molecule has 2 N–H and O–H groups in total. The summed E-state index contributed by atoms with van der Waals surface area (Å²) in [5, 5.41) is 12.4. The summed E-state index contributed by atoms with van der Waals surface area (Å²) >= 11 is 0. The lowest BCUT2D eigenvalue weighted by molar-refractivity contribution is -0.123. The van der Waals surface area contributed by atoms with Gasteiger partial charge in [-0.25, -0.2) is 9.18 Å². The molecule has 2 atom stereocenters. The molecule has 28 heavy (non-hydrogen) atoms. The van der Waals surface area contributed by atoms with E-state index in [2.05, 4.69) is 5.32 Å². The quantitative estimate of drug-likeness (QED) is 0.777. The van der Waals surface area contributed by atoms with Gasteiger partial charge in [0.05, 0.1) is 12.5 Å². The molecule has 1 aromatic rings. The average Bonchev–Trinajstić information content (AvgIpc) is 2.63. The number of hydrogen-bond donors (Lipinski definition) is 2. The van der Waals surface area contributed by atoms with Crippen molar-refractivity contribution >= 4 is 12.0 Å². The first-order valence-electron chi connectivity index (χ1n) is 9.81. The number of carbonyl (C=O) groups is 2. The van der Waals surface area contributed by atoms with Crippen LogP contribution < -0.4 is 5.32 Å². The Labute approximate surface area is 166 Å². The fourth-order valence-electron chi connectivity index (χ4n) is 3.35. The molecule has 1 aromatic carbocycles. The first-order valence-corrected chi connectivity index (χ1v) is 9.81. The summed E-state index contributed by atoms with van der Waals surface area (Å²) in [6.07, 6.45) is 2.36. The molecule has 0 aliphatic carbocycles. The van der Waals surface area contributed by atoms with E-state index in [-0.39, 0.29) is 24.4 Å². The van der Waals surface area contributed by atoms with Gasteiger partial charge in [0.1, 0.15) is 11.4 Å². The maximum absolute atomic E-state index is 13.0.